The van der Waals surface area contributed by atoms with Crippen molar-refractivity contribution in [2.75, 3.05) is 23.4 Å². The second kappa shape index (κ2) is 10.3. The molecule has 170 valence electrons. The van der Waals surface area contributed by atoms with Gasteiger partial charge in [0.15, 0.2) is 0 Å². The Morgan fingerprint density at radius 3 is 2.47 bits per heavy atom. The van der Waals surface area contributed by atoms with Gasteiger partial charge in [-0.3, -0.25) is 9.59 Å². The molecule has 0 aromatic heterocycles. The molecule has 3 rings (SSSR count). The Labute approximate surface area is 189 Å². The van der Waals surface area contributed by atoms with E-state index in [1.54, 1.807) is 36.4 Å². The first-order chi connectivity index (χ1) is 15.3. The standard InChI is InChI=1S/C25H31N3O4/c1-5-32-21-11-9-19(10-12-21)26-23(29)16-22-24(30)28(20-8-6-7-18(4)15-20)25(31)27(22)14-13-17(2)3/h6-12,15,17,22H,5,13-14,16H2,1-4H3,(H,26,29). The molecule has 0 spiro atoms. The van der Waals surface area contributed by atoms with Gasteiger partial charge >= 0.3 is 6.03 Å². The lowest BCUT2D eigenvalue weighted by Gasteiger charge is -2.22. The van der Waals surface area contributed by atoms with E-state index in [4.69, 9.17) is 4.74 Å². The molecule has 1 N–H and O–H groups in total. The molecule has 0 aliphatic carbocycles. The quantitative estimate of drug-likeness (QED) is 0.581. The van der Waals surface area contributed by atoms with E-state index in [0.29, 0.717) is 30.4 Å². The average Bonchev–Trinajstić information content (AvgIpc) is 2.97. The Hall–Kier alpha value is -3.35. The van der Waals surface area contributed by atoms with E-state index in [2.05, 4.69) is 19.2 Å². The zero-order valence-corrected chi connectivity index (χ0v) is 19.1. The van der Waals surface area contributed by atoms with Crippen LogP contribution < -0.4 is 15.0 Å². The topological polar surface area (TPSA) is 79.0 Å². The highest BCUT2D eigenvalue weighted by molar-refractivity contribution is 6.22. The molecule has 1 saturated heterocycles. The molecule has 1 aliphatic rings. The summed E-state index contributed by atoms with van der Waals surface area (Å²) < 4.78 is 5.41. The van der Waals surface area contributed by atoms with Crippen LogP contribution in [0.2, 0.25) is 0 Å². The van der Waals surface area contributed by atoms with Crippen LogP contribution in [-0.4, -0.2) is 41.9 Å². The number of urea groups is 1. The Bertz CT molecular complexity index is 971. The van der Waals surface area contributed by atoms with Crippen molar-refractivity contribution in [1.29, 1.82) is 0 Å². The Kier molecular flexibility index (Phi) is 7.51. The molecule has 4 amide bonds. The highest BCUT2D eigenvalue weighted by Gasteiger charge is 2.46. The number of ether oxygens (including phenoxy) is 1. The van der Waals surface area contributed by atoms with Crippen LogP contribution in [0.1, 0.15) is 39.2 Å². The summed E-state index contributed by atoms with van der Waals surface area (Å²) in [5, 5.41) is 2.82. The minimum Gasteiger partial charge on any atom is -0.494 e. The maximum absolute atomic E-state index is 13.3. The fourth-order valence-electron chi connectivity index (χ4n) is 3.68. The minimum atomic E-state index is -0.829. The van der Waals surface area contributed by atoms with E-state index in [0.717, 1.165) is 17.7 Å². The van der Waals surface area contributed by atoms with Crippen molar-refractivity contribution >= 4 is 29.2 Å². The number of rotatable bonds is 9. The highest BCUT2D eigenvalue weighted by atomic mass is 16.5. The van der Waals surface area contributed by atoms with Gasteiger partial charge in [0, 0.05) is 12.2 Å². The molecule has 1 aliphatic heterocycles. The molecule has 1 fully saturated rings. The first-order valence-corrected chi connectivity index (χ1v) is 11.0. The van der Waals surface area contributed by atoms with Gasteiger partial charge in [0.25, 0.3) is 5.91 Å². The van der Waals surface area contributed by atoms with E-state index in [9.17, 15) is 14.4 Å². The smallest absolute Gasteiger partial charge is 0.332 e. The highest BCUT2D eigenvalue weighted by Crippen LogP contribution is 2.28. The number of carbonyl (C=O) groups excluding carboxylic acids is 3. The SMILES string of the molecule is CCOc1ccc(NC(=O)CC2C(=O)N(c3cccc(C)c3)C(=O)N2CCC(C)C)cc1. The van der Waals surface area contributed by atoms with Crippen LogP contribution in [-0.2, 0) is 9.59 Å². The fraction of sp³-hybridized carbons (Fsp3) is 0.400. The maximum Gasteiger partial charge on any atom is 0.332 e. The van der Waals surface area contributed by atoms with E-state index in [-0.39, 0.29) is 24.3 Å². The third-order valence-corrected chi connectivity index (χ3v) is 5.35. The molecule has 0 radical (unpaired) electrons. The van der Waals surface area contributed by atoms with Gasteiger partial charge in [-0.1, -0.05) is 26.0 Å². The number of benzene rings is 2. The van der Waals surface area contributed by atoms with E-state index >= 15 is 0 Å². The molecular formula is C25H31N3O4. The van der Waals surface area contributed by atoms with Crippen molar-refractivity contribution in [2.45, 2.75) is 46.6 Å². The van der Waals surface area contributed by atoms with Gasteiger partial charge in [-0.25, -0.2) is 9.69 Å². The van der Waals surface area contributed by atoms with Crippen molar-refractivity contribution in [1.82, 2.24) is 4.90 Å². The number of nitrogens with zero attached hydrogens (tertiary/aromatic N) is 2. The summed E-state index contributed by atoms with van der Waals surface area (Å²) in [5.74, 6) is 0.395. The number of imide groups is 1. The lowest BCUT2D eigenvalue weighted by atomic mass is 10.1. The summed E-state index contributed by atoms with van der Waals surface area (Å²) in [6.07, 6.45) is 0.649. The van der Waals surface area contributed by atoms with Gasteiger partial charge in [-0.05, 0) is 68.1 Å². The van der Waals surface area contributed by atoms with E-state index < -0.39 is 6.04 Å². The van der Waals surface area contributed by atoms with E-state index in [1.165, 1.54) is 9.80 Å². The van der Waals surface area contributed by atoms with Gasteiger partial charge in [0.1, 0.15) is 11.8 Å². The van der Waals surface area contributed by atoms with Crippen LogP contribution in [0.15, 0.2) is 48.5 Å². The number of anilines is 2. The molecule has 32 heavy (non-hydrogen) atoms. The first kappa shape index (κ1) is 23.3. The fourth-order valence-corrected chi connectivity index (χ4v) is 3.68. The number of hydrogen-bond acceptors (Lipinski definition) is 4. The predicted octanol–water partition coefficient (Wildman–Crippen LogP) is 4.61. The largest absolute Gasteiger partial charge is 0.494 e. The molecule has 7 heteroatoms. The summed E-state index contributed by atoms with van der Waals surface area (Å²) in [5.41, 5.74) is 2.09. The molecular weight excluding hydrogens is 406 g/mol. The zero-order valence-electron chi connectivity index (χ0n) is 19.1. The number of amides is 4. The van der Waals surface area contributed by atoms with Gasteiger partial charge < -0.3 is 15.0 Å². The lowest BCUT2D eigenvalue weighted by Crippen LogP contribution is -2.39. The molecule has 7 nitrogen and oxygen atoms in total. The Morgan fingerprint density at radius 2 is 1.84 bits per heavy atom. The summed E-state index contributed by atoms with van der Waals surface area (Å²) in [4.78, 5) is 41.9. The lowest BCUT2D eigenvalue weighted by molar-refractivity contribution is -0.124. The van der Waals surface area contributed by atoms with Gasteiger partial charge in [0.2, 0.25) is 5.91 Å². The summed E-state index contributed by atoms with van der Waals surface area (Å²) in [6, 6.07) is 13.1. The van der Waals surface area contributed by atoms with E-state index in [1.807, 2.05) is 26.0 Å². The molecule has 1 heterocycles. The van der Waals surface area contributed by atoms with Gasteiger partial charge in [-0.2, -0.15) is 0 Å². The number of hydrogen-bond donors (Lipinski definition) is 1. The zero-order chi connectivity index (χ0) is 23.3. The molecule has 0 bridgehead atoms. The van der Waals surface area contributed by atoms with Crippen LogP contribution >= 0.6 is 0 Å². The maximum atomic E-state index is 13.3. The van der Waals surface area contributed by atoms with Crippen molar-refractivity contribution in [3.63, 3.8) is 0 Å². The van der Waals surface area contributed by atoms with Gasteiger partial charge in [-0.15, -0.1) is 0 Å². The van der Waals surface area contributed by atoms with Crippen LogP contribution in [0.5, 0.6) is 5.75 Å². The normalized spacial score (nSPS) is 16.1. The van der Waals surface area contributed by atoms with Crippen molar-refractivity contribution in [3.05, 3.63) is 54.1 Å². The molecule has 2 aromatic carbocycles. The number of nitrogens with one attached hydrogen (secondary N) is 1. The monoisotopic (exact) mass is 437 g/mol. The van der Waals surface area contributed by atoms with Crippen molar-refractivity contribution < 1.29 is 19.1 Å². The molecule has 2 aromatic rings. The summed E-state index contributed by atoms with van der Waals surface area (Å²) in [6.45, 7) is 8.93. The van der Waals surface area contributed by atoms with Gasteiger partial charge in [0.05, 0.1) is 18.7 Å². The average molecular weight is 438 g/mol. The van der Waals surface area contributed by atoms with Crippen LogP contribution in [0.3, 0.4) is 0 Å². The van der Waals surface area contributed by atoms with Crippen molar-refractivity contribution in [3.8, 4) is 5.75 Å². The number of carbonyl (C=O) groups is 3. The second-order valence-electron chi connectivity index (χ2n) is 8.40. The van der Waals surface area contributed by atoms with Crippen LogP contribution in [0.4, 0.5) is 16.2 Å². The minimum absolute atomic E-state index is 0.0990. The molecule has 1 atom stereocenters. The summed E-state index contributed by atoms with van der Waals surface area (Å²) in [7, 11) is 0. The van der Waals surface area contributed by atoms with Crippen molar-refractivity contribution in [2.24, 2.45) is 5.92 Å². The molecule has 0 saturated carbocycles. The number of aryl methyl sites for hydroxylation is 1. The van der Waals surface area contributed by atoms with Crippen LogP contribution in [0.25, 0.3) is 0 Å². The molecule has 1 unspecified atom stereocenters. The Balaban J connectivity index is 1.77. The third kappa shape index (κ3) is 5.46. The summed E-state index contributed by atoms with van der Waals surface area (Å²) >= 11 is 0. The third-order valence-electron chi connectivity index (χ3n) is 5.35. The first-order valence-electron chi connectivity index (χ1n) is 11.0. The predicted molar refractivity (Wildman–Crippen MR) is 125 cm³/mol. The Morgan fingerprint density at radius 1 is 1.12 bits per heavy atom. The van der Waals surface area contributed by atoms with Crippen LogP contribution in [0, 0.1) is 12.8 Å². The second-order valence-corrected chi connectivity index (χ2v) is 8.40.